The summed E-state index contributed by atoms with van der Waals surface area (Å²) >= 11 is 0. The van der Waals surface area contributed by atoms with Gasteiger partial charge in [0.05, 0.1) is 12.0 Å². The minimum atomic E-state index is -0.536. The summed E-state index contributed by atoms with van der Waals surface area (Å²) < 4.78 is 15.1. The SMILES string of the molecule is COCCOC(=O)C1(CN)CCOCC1. The minimum Gasteiger partial charge on any atom is -0.463 e. The molecule has 0 radical (unpaired) electrons. The average Bonchev–Trinajstić information content (AvgIpc) is 2.30. The van der Waals surface area contributed by atoms with Crippen LogP contribution in [0.4, 0.5) is 0 Å². The molecule has 1 aliphatic rings. The van der Waals surface area contributed by atoms with Crippen molar-refractivity contribution in [2.45, 2.75) is 12.8 Å². The Hall–Kier alpha value is -0.650. The van der Waals surface area contributed by atoms with Gasteiger partial charge in [0.1, 0.15) is 6.61 Å². The van der Waals surface area contributed by atoms with Crippen molar-refractivity contribution in [3.63, 3.8) is 0 Å². The number of ether oxygens (including phenoxy) is 3. The molecule has 1 aliphatic heterocycles. The van der Waals surface area contributed by atoms with Gasteiger partial charge in [-0.05, 0) is 12.8 Å². The number of methoxy groups -OCH3 is 1. The standard InChI is InChI=1S/C10H19NO4/c1-13-6-7-15-9(12)10(8-11)2-4-14-5-3-10/h2-8,11H2,1H3. The maximum absolute atomic E-state index is 11.8. The molecular formula is C10H19NO4. The highest BCUT2D eigenvalue weighted by molar-refractivity contribution is 5.77. The number of rotatable bonds is 5. The molecule has 0 aromatic rings. The first kappa shape index (κ1) is 12.4. The van der Waals surface area contributed by atoms with E-state index in [9.17, 15) is 4.79 Å². The number of nitrogens with two attached hydrogens (primary N) is 1. The lowest BCUT2D eigenvalue weighted by molar-refractivity contribution is -0.162. The number of esters is 1. The first-order valence-corrected chi connectivity index (χ1v) is 5.19. The van der Waals surface area contributed by atoms with E-state index in [0.29, 0.717) is 39.2 Å². The van der Waals surface area contributed by atoms with Gasteiger partial charge in [-0.25, -0.2) is 0 Å². The molecule has 0 aromatic heterocycles. The van der Waals surface area contributed by atoms with E-state index >= 15 is 0 Å². The predicted molar refractivity (Wildman–Crippen MR) is 54.4 cm³/mol. The molecule has 1 heterocycles. The maximum Gasteiger partial charge on any atom is 0.313 e. The first-order valence-electron chi connectivity index (χ1n) is 5.19. The van der Waals surface area contributed by atoms with Crippen LogP contribution in [0, 0.1) is 5.41 Å². The van der Waals surface area contributed by atoms with Gasteiger partial charge in [-0.2, -0.15) is 0 Å². The summed E-state index contributed by atoms with van der Waals surface area (Å²) in [6.45, 7) is 2.19. The van der Waals surface area contributed by atoms with Crippen LogP contribution in [-0.2, 0) is 19.0 Å². The summed E-state index contributed by atoms with van der Waals surface area (Å²) in [7, 11) is 1.57. The Kier molecular flexibility index (Phi) is 5.01. The smallest absolute Gasteiger partial charge is 0.313 e. The average molecular weight is 217 g/mol. The van der Waals surface area contributed by atoms with Crippen LogP contribution in [0.1, 0.15) is 12.8 Å². The van der Waals surface area contributed by atoms with Crippen LogP contribution in [0.2, 0.25) is 0 Å². The Bertz CT molecular complexity index is 202. The number of hydrogen-bond donors (Lipinski definition) is 1. The zero-order valence-electron chi connectivity index (χ0n) is 9.16. The highest BCUT2D eigenvalue weighted by Gasteiger charge is 2.40. The fourth-order valence-electron chi connectivity index (χ4n) is 1.62. The number of carbonyl (C=O) groups is 1. The summed E-state index contributed by atoms with van der Waals surface area (Å²) in [4.78, 5) is 11.8. The quantitative estimate of drug-likeness (QED) is 0.515. The van der Waals surface area contributed by atoms with E-state index in [1.54, 1.807) is 7.11 Å². The molecule has 15 heavy (non-hydrogen) atoms. The Morgan fingerprint density at radius 3 is 2.60 bits per heavy atom. The van der Waals surface area contributed by atoms with Crippen LogP contribution in [0.25, 0.3) is 0 Å². The van der Waals surface area contributed by atoms with Crippen molar-refractivity contribution in [1.29, 1.82) is 0 Å². The van der Waals surface area contributed by atoms with Crippen molar-refractivity contribution in [2.24, 2.45) is 11.1 Å². The molecule has 0 aliphatic carbocycles. The summed E-state index contributed by atoms with van der Waals surface area (Å²) in [5.74, 6) is -0.217. The second kappa shape index (κ2) is 6.05. The largest absolute Gasteiger partial charge is 0.463 e. The summed E-state index contributed by atoms with van der Waals surface area (Å²) in [6.07, 6.45) is 1.30. The third-order valence-corrected chi connectivity index (χ3v) is 2.79. The van der Waals surface area contributed by atoms with Crippen LogP contribution in [-0.4, -0.2) is 46.1 Å². The zero-order valence-corrected chi connectivity index (χ0v) is 9.16. The van der Waals surface area contributed by atoms with Crippen molar-refractivity contribution in [3.05, 3.63) is 0 Å². The Balaban J connectivity index is 2.45. The zero-order chi connectivity index (χ0) is 11.1. The number of carbonyl (C=O) groups excluding carboxylic acids is 1. The molecule has 0 bridgehead atoms. The van der Waals surface area contributed by atoms with Crippen molar-refractivity contribution in [1.82, 2.24) is 0 Å². The molecule has 5 heteroatoms. The highest BCUT2D eigenvalue weighted by Crippen LogP contribution is 2.30. The van der Waals surface area contributed by atoms with Crippen LogP contribution in [0.15, 0.2) is 0 Å². The molecule has 0 amide bonds. The lowest BCUT2D eigenvalue weighted by Crippen LogP contribution is -2.44. The molecule has 0 atom stereocenters. The fourth-order valence-corrected chi connectivity index (χ4v) is 1.62. The molecule has 0 aromatic carbocycles. The van der Waals surface area contributed by atoms with E-state index in [-0.39, 0.29) is 12.6 Å². The van der Waals surface area contributed by atoms with E-state index in [1.165, 1.54) is 0 Å². The molecular weight excluding hydrogens is 198 g/mol. The van der Waals surface area contributed by atoms with Gasteiger partial charge in [0.2, 0.25) is 0 Å². The van der Waals surface area contributed by atoms with Gasteiger partial charge in [-0.15, -0.1) is 0 Å². The Labute approximate surface area is 89.9 Å². The molecule has 1 saturated heterocycles. The van der Waals surface area contributed by atoms with E-state index in [4.69, 9.17) is 19.9 Å². The van der Waals surface area contributed by atoms with Crippen LogP contribution in [0.3, 0.4) is 0 Å². The van der Waals surface area contributed by atoms with E-state index in [2.05, 4.69) is 0 Å². The second-order valence-corrected chi connectivity index (χ2v) is 3.73. The third kappa shape index (κ3) is 3.15. The molecule has 0 saturated carbocycles. The van der Waals surface area contributed by atoms with E-state index in [0.717, 1.165) is 0 Å². The topological polar surface area (TPSA) is 70.8 Å². The monoisotopic (exact) mass is 217 g/mol. The highest BCUT2D eigenvalue weighted by atomic mass is 16.6. The van der Waals surface area contributed by atoms with E-state index < -0.39 is 5.41 Å². The normalized spacial score (nSPS) is 19.9. The minimum absolute atomic E-state index is 0.217. The molecule has 88 valence electrons. The number of hydrogen-bond acceptors (Lipinski definition) is 5. The second-order valence-electron chi connectivity index (χ2n) is 3.73. The lowest BCUT2D eigenvalue weighted by atomic mass is 9.80. The van der Waals surface area contributed by atoms with Crippen molar-refractivity contribution < 1.29 is 19.0 Å². The van der Waals surface area contributed by atoms with Gasteiger partial charge < -0.3 is 19.9 Å². The van der Waals surface area contributed by atoms with Crippen molar-refractivity contribution in [3.8, 4) is 0 Å². The van der Waals surface area contributed by atoms with Crippen LogP contribution >= 0.6 is 0 Å². The van der Waals surface area contributed by atoms with Gasteiger partial charge in [0, 0.05) is 26.9 Å². The van der Waals surface area contributed by atoms with Crippen LogP contribution < -0.4 is 5.73 Å². The lowest BCUT2D eigenvalue weighted by Gasteiger charge is -2.33. The predicted octanol–water partition coefficient (Wildman–Crippen LogP) is -0.0685. The summed E-state index contributed by atoms with van der Waals surface area (Å²) in [5.41, 5.74) is 5.12. The fraction of sp³-hybridized carbons (Fsp3) is 0.900. The van der Waals surface area contributed by atoms with E-state index in [1.807, 2.05) is 0 Å². The van der Waals surface area contributed by atoms with Crippen LogP contribution in [0.5, 0.6) is 0 Å². The van der Waals surface area contributed by atoms with Gasteiger partial charge >= 0.3 is 5.97 Å². The van der Waals surface area contributed by atoms with Gasteiger partial charge in [-0.3, -0.25) is 4.79 Å². The Morgan fingerprint density at radius 1 is 1.40 bits per heavy atom. The molecule has 1 fully saturated rings. The molecule has 0 unspecified atom stereocenters. The van der Waals surface area contributed by atoms with Gasteiger partial charge in [-0.1, -0.05) is 0 Å². The molecule has 1 rings (SSSR count). The van der Waals surface area contributed by atoms with Gasteiger partial charge in [0.15, 0.2) is 0 Å². The van der Waals surface area contributed by atoms with Gasteiger partial charge in [0.25, 0.3) is 0 Å². The summed E-state index contributed by atoms with van der Waals surface area (Å²) in [6, 6.07) is 0. The third-order valence-electron chi connectivity index (χ3n) is 2.79. The molecule has 2 N–H and O–H groups in total. The first-order chi connectivity index (χ1) is 7.25. The summed E-state index contributed by atoms with van der Waals surface area (Å²) in [5, 5.41) is 0. The molecule has 0 spiro atoms. The Morgan fingerprint density at radius 2 is 2.07 bits per heavy atom. The maximum atomic E-state index is 11.8. The van der Waals surface area contributed by atoms with Crippen molar-refractivity contribution >= 4 is 5.97 Å². The van der Waals surface area contributed by atoms with Crippen molar-refractivity contribution in [2.75, 3.05) is 40.1 Å². The molecule has 5 nitrogen and oxygen atoms in total.